The van der Waals surface area contributed by atoms with Crippen molar-refractivity contribution in [3.05, 3.63) is 0 Å². The molecule has 15 heavy (non-hydrogen) atoms. The topological polar surface area (TPSA) is 26.3 Å². The van der Waals surface area contributed by atoms with Crippen LogP contribution in [0.5, 0.6) is 0 Å². The van der Waals surface area contributed by atoms with Crippen molar-refractivity contribution in [2.24, 2.45) is 5.92 Å². The first-order valence-corrected chi connectivity index (χ1v) is 5.49. The highest BCUT2D eigenvalue weighted by atomic mass is 127. The zero-order valence-electron chi connectivity index (χ0n) is 9.70. The molecule has 0 spiro atoms. The van der Waals surface area contributed by atoms with Gasteiger partial charge in [0.25, 0.3) is 0 Å². The van der Waals surface area contributed by atoms with E-state index in [9.17, 15) is 4.79 Å². The summed E-state index contributed by atoms with van der Waals surface area (Å²) >= 11 is 0. The van der Waals surface area contributed by atoms with Crippen molar-refractivity contribution in [2.75, 3.05) is 20.6 Å². The van der Waals surface area contributed by atoms with Crippen LogP contribution in [0.25, 0.3) is 0 Å². The number of likely N-dealkylation sites (N-methyl/N-ethyl adjacent to an activating group) is 1. The quantitative estimate of drug-likeness (QED) is 0.322. The van der Waals surface area contributed by atoms with Crippen molar-refractivity contribution in [3.8, 4) is 0 Å². The molecular formula is C11H20INO2. The molecule has 3 fully saturated rings. The molecule has 0 amide bonds. The molecule has 2 bridgehead atoms. The fourth-order valence-electron chi connectivity index (χ4n) is 3.30. The van der Waals surface area contributed by atoms with Gasteiger partial charge in [-0.3, -0.25) is 4.79 Å². The number of nitrogens with zero attached hydrogens (tertiary/aromatic N) is 1. The Balaban J connectivity index is 0.00000112. The molecule has 2 saturated heterocycles. The predicted octanol–water partition coefficient (Wildman–Crippen LogP) is -1.82. The third-order valence-corrected chi connectivity index (χ3v) is 3.81. The lowest BCUT2D eigenvalue weighted by Crippen LogP contribution is -3.00. The van der Waals surface area contributed by atoms with Crippen LogP contribution < -0.4 is 24.0 Å². The zero-order valence-corrected chi connectivity index (χ0v) is 11.9. The number of hydrogen-bond donors (Lipinski definition) is 0. The normalized spacial score (nSPS) is 36.9. The molecule has 2 heterocycles. The minimum absolute atomic E-state index is 0. The summed E-state index contributed by atoms with van der Waals surface area (Å²) in [6, 6.07) is 0.531. The van der Waals surface area contributed by atoms with Gasteiger partial charge in [-0.1, -0.05) is 0 Å². The highest BCUT2D eigenvalue weighted by molar-refractivity contribution is 5.66. The maximum Gasteiger partial charge on any atom is 0.303 e. The lowest BCUT2D eigenvalue weighted by Gasteiger charge is -2.52. The number of ether oxygens (including phenoxy) is 1. The number of halogens is 1. The summed E-state index contributed by atoms with van der Waals surface area (Å²) in [6.45, 7) is 2.77. The maximum absolute atomic E-state index is 11.0. The Morgan fingerprint density at radius 3 is 2.47 bits per heavy atom. The van der Waals surface area contributed by atoms with E-state index in [2.05, 4.69) is 14.1 Å². The molecule has 0 aromatic carbocycles. The molecule has 3 rings (SSSR count). The molecule has 0 N–H and O–H groups in total. The summed E-state index contributed by atoms with van der Waals surface area (Å²) in [5.41, 5.74) is 0. The minimum Gasteiger partial charge on any atom is -1.00 e. The van der Waals surface area contributed by atoms with Gasteiger partial charge in [0, 0.05) is 19.3 Å². The van der Waals surface area contributed by atoms with Crippen LogP contribution in [0.4, 0.5) is 0 Å². The number of carbonyl (C=O) groups is 1. The second kappa shape index (κ2) is 4.57. The van der Waals surface area contributed by atoms with E-state index in [1.54, 1.807) is 0 Å². The van der Waals surface area contributed by atoms with E-state index in [0.29, 0.717) is 6.04 Å². The number of hydrogen-bond acceptors (Lipinski definition) is 2. The van der Waals surface area contributed by atoms with Crippen LogP contribution in [0.3, 0.4) is 0 Å². The molecule has 3 unspecified atom stereocenters. The van der Waals surface area contributed by atoms with Gasteiger partial charge >= 0.3 is 5.97 Å². The number of carbonyl (C=O) groups excluding carboxylic acids is 1. The van der Waals surface area contributed by atoms with E-state index in [4.69, 9.17) is 4.74 Å². The number of esters is 1. The van der Waals surface area contributed by atoms with Crippen LogP contribution in [0, 0.1) is 5.92 Å². The first kappa shape index (κ1) is 13.2. The van der Waals surface area contributed by atoms with Crippen molar-refractivity contribution >= 4 is 5.97 Å². The molecule has 0 radical (unpaired) electrons. The highest BCUT2D eigenvalue weighted by Gasteiger charge is 2.49. The third kappa shape index (κ3) is 2.64. The van der Waals surface area contributed by atoms with Crippen LogP contribution in [-0.4, -0.2) is 43.2 Å². The minimum atomic E-state index is -0.123. The Bertz CT molecular complexity index is 255. The fourth-order valence-corrected chi connectivity index (χ4v) is 3.30. The van der Waals surface area contributed by atoms with Gasteiger partial charge in [0.2, 0.25) is 0 Å². The monoisotopic (exact) mass is 325 g/mol. The van der Waals surface area contributed by atoms with E-state index in [-0.39, 0.29) is 36.0 Å². The van der Waals surface area contributed by atoms with E-state index in [1.165, 1.54) is 26.3 Å². The third-order valence-electron chi connectivity index (χ3n) is 3.81. The van der Waals surface area contributed by atoms with E-state index < -0.39 is 0 Å². The molecule has 0 aromatic rings. The van der Waals surface area contributed by atoms with Crippen LogP contribution in [0.2, 0.25) is 0 Å². The predicted molar refractivity (Wildman–Crippen MR) is 53.7 cm³/mol. The second-order valence-electron chi connectivity index (χ2n) is 5.36. The summed E-state index contributed by atoms with van der Waals surface area (Å²) in [5, 5.41) is 0. The first-order valence-electron chi connectivity index (χ1n) is 5.49. The van der Waals surface area contributed by atoms with Crippen molar-refractivity contribution in [3.63, 3.8) is 0 Å². The SMILES string of the molecule is CC(=O)OC1CC2CCC1[N+](C)(C)C2.[I-]. The molecule has 4 heteroatoms. The lowest BCUT2D eigenvalue weighted by atomic mass is 9.76. The van der Waals surface area contributed by atoms with Crippen molar-refractivity contribution in [2.45, 2.75) is 38.3 Å². The molecule has 2 aliphatic heterocycles. The number of fused-ring (bicyclic) bond motifs is 3. The van der Waals surface area contributed by atoms with E-state index in [0.717, 1.165) is 16.8 Å². The van der Waals surface area contributed by atoms with Gasteiger partial charge in [-0.05, 0) is 12.8 Å². The first-order chi connectivity index (χ1) is 6.49. The number of quaternary nitrogens is 1. The van der Waals surface area contributed by atoms with E-state index in [1.807, 2.05) is 0 Å². The second-order valence-corrected chi connectivity index (χ2v) is 5.36. The Labute approximate surface area is 109 Å². The van der Waals surface area contributed by atoms with Crippen LogP contribution in [0.1, 0.15) is 26.2 Å². The van der Waals surface area contributed by atoms with Gasteiger partial charge in [0.05, 0.1) is 20.6 Å². The Kier molecular flexibility index (Phi) is 4.03. The average molecular weight is 325 g/mol. The van der Waals surface area contributed by atoms with Crippen LogP contribution >= 0.6 is 0 Å². The average Bonchev–Trinajstić information content (AvgIpc) is 2.00. The molecule has 0 aromatic heterocycles. The van der Waals surface area contributed by atoms with E-state index >= 15 is 0 Å². The highest BCUT2D eigenvalue weighted by Crippen LogP contribution is 2.39. The van der Waals surface area contributed by atoms with Gasteiger partial charge in [0.15, 0.2) is 6.10 Å². The largest absolute Gasteiger partial charge is 1.00 e. The van der Waals surface area contributed by atoms with Gasteiger partial charge < -0.3 is 33.2 Å². The summed E-state index contributed by atoms with van der Waals surface area (Å²) in [5.74, 6) is 0.641. The van der Waals surface area contributed by atoms with Crippen molar-refractivity contribution in [1.82, 2.24) is 0 Å². The lowest BCUT2D eigenvalue weighted by molar-refractivity contribution is -0.933. The molecular weight excluding hydrogens is 305 g/mol. The molecule has 88 valence electrons. The fraction of sp³-hybridized carbons (Fsp3) is 0.909. The van der Waals surface area contributed by atoms with Gasteiger partial charge in [-0.25, -0.2) is 0 Å². The van der Waals surface area contributed by atoms with Gasteiger partial charge in [-0.15, -0.1) is 0 Å². The summed E-state index contributed by atoms with van der Waals surface area (Å²) in [6.07, 6.45) is 3.81. The Hall–Kier alpha value is 0.160. The summed E-state index contributed by atoms with van der Waals surface area (Å²) in [4.78, 5) is 11.0. The smallest absolute Gasteiger partial charge is 0.303 e. The molecule has 1 aliphatic carbocycles. The summed E-state index contributed by atoms with van der Waals surface area (Å²) in [7, 11) is 4.51. The molecule has 3 nitrogen and oxygen atoms in total. The van der Waals surface area contributed by atoms with Crippen molar-refractivity contribution in [1.29, 1.82) is 0 Å². The van der Waals surface area contributed by atoms with Crippen LogP contribution in [-0.2, 0) is 9.53 Å². The maximum atomic E-state index is 11.0. The molecule has 3 aliphatic rings. The van der Waals surface area contributed by atoms with Crippen LogP contribution in [0.15, 0.2) is 0 Å². The molecule has 3 atom stereocenters. The Morgan fingerprint density at radius 1 is 1.33 bits per heavy atom. The summed E-state index contributed by atoms with van der Waals surface area (Å²) < 4.78 is 6.44. The number of piperidine rings is 2. The van der Waals surface area contributed by atoms with Gasteiger partial charge in [0.1, 0.15) is 6.04 Å². The number of rotatable bonds is 1. The van der Waals surface area contributed by atoms with Crippen molar-refractivity contribution < 1.29 is 38.0 Å². The standard InChI is InChI=1S/C11H20NO2.HI/c1-8(13)14-11-6-9-4-5-10(11)12(2,3)7-9;/h9-11H,4-7H2,1-3H3;1H/q+1;/p-1. The molecule has 1 saturated carbocycles. The zero-order chi connectivity index (χ0) is 10.3. The Morgan fingerprint density at radius 2 is 2.00 bits per heavy atom. The van der Waals surface area contributed by atoms with Gasteiger partial charge in [-0.2, -0.15) is 0 Å².